The lowest BCUT2D eigenvalue weighted by molar-refractivity contribution is -0.277. The molecule has 4 N–H and O–H groups in total. The van der Waals surface area contributed by atoms with Gasteiger partial charge in [-0.1, -0.05) is 0 Å². The molecule has 0 spiro atoms. The fraction of sp³-hybridized carbons (Fsp3) is 0.444. The van der Waals surface area contributed by atoms with Crippen molar-refractivity contribution in [2.24, 2.45) is 4.99 Å². The van der Waals surface area contributed by atoms with Crippen LogP contribution in [0.4, 0.5) is 5.69 Å². The Labute approximate surface area is 154 Å². The third-order valence-corrected chi connectivity index (χ3v) is 4.71. The van der Waals surface area contributed by atoms with Gasteiger partial charge in [0.05, 0.1) is 18.7 Å². The average Bonchev–Trinajstić information content (AvgIpc) is 2.66. The molecule has 0 aromatic heterocycles. The first-order chi connectivity index (χ1) is 13.0. The van der Waals surface area contributed by atoms with E-state index in [4.69, 9.17) is 14.2 Å². The van der Waals surface area contributed by atoms with Crippen LogP contribution in [0.5, 0.6) is 11.5 Å². The van der Waals surface area contributed by atoms with Gasteiger partial charge >= 0.3 is 0 Å². The number of aliphatic hydroxyl groups excluding tert-OH is 4. The molecule has 2 aliphatic heterocycles. The Bertz CT molecular complexity index is 805. The first-order valence-corrected chi connectivity index (χ1v) is 8.53. The lowest BCUT2D eigenvalue weighted by atomic mass is 9.99. The first-order valence-electron chi connectivity index (χ1n) is 8.53. The van der Waals surface area contributed by atoms with Gasteiger partial charge in [0.25, 0.3) is 0 Å². The average molecular weight is 377 g/mol. The van der Waals surface area contributed by atoms with E-state index in [0.29, 0.717) is 17.1 Å². The molecule has 144 valence electrons. The highest BCUT2D eigenvalue weighted by molar-refractivity contribution is 6.11. The molecule has 2 heterocycles. The zero-order chi connectivity index (χ0) is 19.1. The first kappa shape index (κ1) is 18.1. The summed E-state index contributed by atoms with van der Waals surface area (Å²) in [5.41, 5.74) is 1.24. The number of ketones is 1. The maximum absolute atomic E-state index is 11.6. The maximum atomic E-state index is 11.6. The number of carbonyl (C=O) groups is 1. The molecule has 9 heteroatoms. The van der Waals surface area contributed by atoms with Gasteiger partial charge in [-0.25, -0.2) is 4.99 Å². The van der Waals surface area contributed by atoms with E-state index in [1.807, 2.05) is 0 Å². The molecule has 1 fully saturated rings. The van der Waals surface area contributed by atoms with E-state index >= 15 is 0 Å². The standard InChI is InChI=1S/C18H19NO8/c20-7-14-15(22)16(23)17(24)18(27-14)25-9-2-4-11-13(6-9)26-12-5-8(21)1-3-10(12)19-11/h1-4,6,12,14-18,20,22-24H,5,7H2. The number of allylic oxidation sites excluding steroid dienone is 1. The van der Waals surface area contributed by atoms with Crippen molar-refractivity contribution in [2.75, 3.05) is 6.61 Å². The largest absolute Gasteiger partial charge is 0.481 e. The van der Waals surface area contributed by atoms with Gasteiger partial charge in [-0.15, -0.1) is 0 Å². The van der Waals surface area contributed by atoms with Gasteiger partial charge in [0.1, 0.15) is 47.7 Å². The molecule has 0 radical (unpaired) electrons. The molecule has 4 rings (SSSR count). The summed E-state index contributed by atoms with van der Waals surface area (Å²) in [5.74, 6) is 0.638. The van der Waals surface area contributed by atoms with E-state index in [1.165, 1.54) is 6.08 Å². The summed E-state index contributed by atoms with van der Waals surface area (Å²) in [6, 6.07) is 4.79. The van der Waals surface area contributed by atoms with Gasteiger partial charge in [0, 0.05) is 6.07 Å². The monoisotopic (exact) mass is 377 g/mol. The van der Waals surface area contributed by atoms with Crippen LogP contribution in [0.2, 0.25) is 0 Å². The number of benzene rings is 1. The van der Waals surface area contributed by atoms with E-state index < -0.39 is 43.4 Å². The number of carbonyl (C=O) groups excluding carboxylic acids is 1. The Morgan fingerprint density at radius 1 is 1.15 bits per heavy atom. The highest BCUT2D eigenvalue weighted by Gasteiger charge is 2.44. The molecule has 1 aliphatic carbocycles. The van der Waals surface area contributed by atoms with Crippen LogP contribution in [-0.2, 0) is 9.53 Å². The minimum atomic E-state index is -1.53. The molecule has 0 bridgehead atoms. The van der Waals surface area contributed by atoms with Crippen LogP contribution < -0.4 is 9.47 Å². The Morgan fingerprint density at radius 3 is 2.74 bits per heavy atom. The fourth-order valence-electron chi connectivity index (χ4n) is 3.20. The van der Waals surface area contributed by atoms with Crippen molar-refractivity contribution in [2.45, 2.75) is 43.2 Å². The summed E-state index contributed by atoms with van der Waals surface area (Å²) in [6.45, 7) is -0.543. The molecule has 1 aromatic rings. The number of ether oxygens (including phenoxy) is 3. The van der Waals surface area contributed by atoms with Gasteiger partial charge in [-0.05, 0) is 24.3 Å². The summed E-state index contributed by atoms with van der Waals surface area (Å²) >= 11 is 0. The number of aliphatic imine (C=N–C) groups is 1. The lowest BCUT2D eigenvalue weighted by Crippen LogP contribution is -2.60. The number of nitrogens with zero attached hydrogens (tertiary/aromatic N) is 1. The molecular formula is C18H19NO8. The SMILES string of the molecule is O=C1C=CC2=Nc3ccc(OC4OC(CO)C(O)C(O)C4O)cc3OC2C1. The zero-order valence-electron chi connectivity index (χ0n) is 14.1. The second kappa shape index (κ2) is 7.02. The topological polar surface area (TPSA) is 138 Å². The lowest BCUT2D eigenvalue weighted by Gasteiger charge is -2.39. The van der Waals surface area contributed by atoms with Crippen LogP contribution in [0.15, 0.2) is 35.3 Å². The molecular weight excluding hydrogens is 358 g/mol. The van der Waals surface area contributed by atoms with E-state index in [0.717, 1.165) is 0 Å². The van der Waals surface area contributed by atoms with E-state index in [9.17, 15) is 25.2 Å². The van der Waals surface area contributed by atoms with Crippen LogP contribution in [0, 0.1) is 0 Å². The van der Waals surface area contributed by atoms with Gasteiger partial charge in [-0.2, -0.15) is 0 Å². The Morgan fingerprint density at radius 2 is 1.96 bits per heavy atom. The summed E-state index contributed by atoms with van der Waals surface area (Å²) in [6.07, 6.45) is -3.99. The van der Waals surface area contributed by atoms with Crippen molar-refractivity contribution >= 4 is 17.2 Å². The molecule has 27 heavy (non-hydrogen) atoms. The molecule has 9 nitrogen and oxygen atoms in total. The molecule has 1 saturated heterocycles. The normalized spacial score (nSPS) is 35.0. The quantitative estimate of drug-likeness (QED) is 0.539. The van der Waals surface area contributed by atoms with E-state index in [2.05, 4.69) is 4.99 Å². The van der Waals surface area contributed by atoms with Crippen molar-refractivity contribution in [3.8, 4) is 11.5 Å². The molecule has 1 aromatic carbocycles. The summed E-state index contributed by atoms with van der Waals surface area (Å²) in [7, 11) is 0. The summed E-state index contributed by atoms with van der Waals surface area (Å²) in [4.78, 5) is 16.0. The van der Waals surface area contributed by atoms with Crippen molar-refractivity contribution < 1.29 is 39.4 Å². The van der Waals surface area contributed by atoms with Gasteiger partial charge in [0.2, 0.25) is 6.29 Å². The van der Waals surface area contributed by atoms with Crippen molar-refractivity contribution in [3.05, 3.63) is 30.4 Å². The Balaban J connectivity index is 1.54. The van der Waals surface area contributed by atoms with Crippen molar-refractivity contribution in [3.63, 3.8) is 0 Å². The van der Waals surface area contributed by atoms with Gasteiger partial charge in [0.15, 0.2) is 5.78 Å². The minimum Gasteiger partial charge on any atom is -0.481 e. The van der Waals surface area contributed by atoms with Crippen LogP contribution >= 0.6 is 0 Å². The third-order valence-electron chi connectivity index (χ3n) is 4.71. The van der Waals surface area contributed by atoms with E-state index in [1.54, 1.807) is 24.3 Å². The van der Waals surface area contributed by atoms with Crippen LogP contribution in [0.25, 0.3) is 0 Å². The number of fused-ring (bicyclic) bond motifs is 2. The zero-order valence-corrected chi connectivity index (χ0v) is 14.1. The maximum Gasteiger partial charge on any atom is 0.229 e. The number of aliphatic hydroxyl groups is 4. The van der Waals surface area contributed by atoms with Crippen LogP contribution in [-0.4, -0.2) is 75.3 Å². The highest BCUT2D eigenvalue weighted by Crippen LogP contribution is 2.38. The smallest absolute Gasteiger partial charge is 0.229 e. The number of rotatable bonds is 3. The second-order valence-electron chi connectivity index (χ2n) is 6.59. The Kier molecular flexibility index (Phi) is 4.70. The van der Waals surface area contributed by atoms with E-state index in [-0.39, 0.29) is 18.0 Å². The third kappa shape index (κ3) is 3.35. The highest BCUT2D eigenvalue weighted by atomic mass is 16.7. The summed E-state index contributed by atoms with van der Waals surface area (Å²) in [5, 5.41) is 39.0. The van der Waals surface area contributed by atoms with Gasteiger partial charge < -0.3 is 34.6 Å². The molecule has 0 saturated carbocycles. The molecule has 6 atom stereocenters. The van der Waals surface area contributed by atoms with Crippen molar-refractivity contribution in [1.82, 2.24) is 0 Å². The minimum absolute atomic E-state index is 0.0453. The van der Waals surface area contributed by atoms with Crippen molar-refractivity contribution in [1.29, 1.82) is 0 Å². The molecule has 3 aliphatic rings. The fourth-order valence-corrected chi connectivity index (χ4v) is 3.20. The predicted molar refractivity (Wildman–Crippen MR) is 91.1 cm³/mol. The molecule has 0 amide bonds. The van der Waals surface area contributed by atoms with Gasteiger partial charge in [-0.3, -0.25) is 4.79 Å². The number of hydrogen-bond donors (Lipinski definition) is 4. The van der Waals surface area contributed by atoms with Crippen LogP contribution in [0.3, 0.4) is 0 Å². The predicted octanol–water partition coefficient (Wildman–Crippen LogP) is -0.772. The second-order valence-corrected chi connectivity index (χ2v) is 6.59. The molecule has 6 unspecified atom stereocenters. The Hall–Kier alpha value is -2.30. The number of hydrogen-bond acceptors (Lipinski definition) is 9. The summed E-state index contributed by atoms with van der Waals surface area (Å²) < 4.78 is 16.7. The van der Waals surface area contributed by atoms with Crippen LogP contribution in [0.1, 0.15) is 6.42 Å².